The summed E-state index contributed by atoms with van der Waals surface area (Å²) in [6.07, 6.45) is 11.0. The molecule has 1 spiro atoms. The molecule has 110 valence electrons. The van der Waals surface area contributed by atoms with E-state index in [-0.39, 0.29) is 0 Å². The van der Waals surface area contributed by atoms with Crippen LogP contribution in [-0.2, 0) is 11.2 Å². The molecule has 0 aromatic heterocycles. The van der Waals surface area contributed by atoms with Crippen LogP contribution in [0.25, 0.3) is 0 Å². The zero-order valence-electron chi connectivity index (χ0n) is 12.7. The molecule has 3 rings (SSSR count). The van der Waals surface area contributed by atoms with Gasteiger partial charge in [-0.1, -0.05) is 37.5 Å². The van der Waals surface area contributed by atoms with E-state index in [0.29, 0.717) is 11.5 Å². The van der Waals surface area contributed by atoms with Crippen LogP contribution in [0.2, 0.25) is 0 Å². The van der Waals surface area contributed by atoms with Crippen molar-refractivity contribution in [3.63, 3.8) is 0 Å². The number of ether oxygens (including phenoxy) is 1. The van der Waals surface area contributed by atoms with Crippen LogP contribution in [0.15, 0.2) is 24.3 Å². The van der Waals surface area contributed by atoms with Gasteiger partial charge in [-0.3, -0.25) is 0 Å². The van der Waals surface area contributed by atoms with Crippen molar-refractivity contribution >= 4 is 5.69 Å². The molecule has 2 aliphatic carbocycles. The molecular weight excluding hydrogens is 246 g/mol. The van der Waals surface area contributed by atoms with Crippen molar-refractivity contribution in [2.45, 2.75) is 57.4 Å². The summed E-state index contributed by atoms with van der Waals surface area (Å²) in [6.45, 7) is 0.800. The van der Waals surface area contributed by atoms with Crippen molar-refractivity contribution in [1.82, 2.24) is 0 Å². The Morgan fingerprint density at radius 2 is 1.95 bits per heavy atom. The van der Waals surface area contributed by atoms with E-state index in [2.05, 4.69) is 29.6 Å². The van der Waals surface area contributed by atoms with Crippen molar-refractivity contribution in [1.29, 1.82) is 0 Å². The molecule has 0 radical (unpaired) electrons. The minimum absolute atomic E-state index is 0.618. The van der Waals surface area contributed by atoms with Gasteiger partial charge in [-0.05, 0) is 49.1 Å². The third kappa shape index (κ3) is 2.71. The number of methoxy groups -OCH3 is 1. The average molecular weight is 273 g/mol. The molecule has 1 aromatic carbocycles. The average Bonchev–Trinajstić information content (AvgIpc) is 2.51. The number of hydrogen-bond donors (Lipinski definition) is 1. The SMILES string of the molecule is COCCc1ccccc1NC1CCC12CCCCC2. The molecule has 0 saturated heterocycles. The largest absolute Gasteiger partial charge is 0.384 e. The number of hydrogen-bond acceptors (Lipinski definition) is 2. The fourth-order valence-corrected chi connectivity index (χ4v) is 4.06. The fraction of sp³-hybridized carbons (Fsp3) is 0.667. The molecule has 2 saturated carbocycles. The van der Waals surface area contributed by atoms with Gasteiger partial charge in [0.1, 0.15) is 0 Å². The van der Waals surface area contributed by atoms with E-state index in [9.17, 15) is 0 Å². The summed E-state index contributed by atoms with van der Waals surface area (Å²) in [5.41, 5.74) is 3.35. The standard InChI is InChI=1S/C18H27NO/c1-20-14-10-15-7-3-4-8-16(15)19-17-9-13-18(17)11-5-2-6-12-18/h3-4,7-8,17,19H,2,5-6,9-14H2,1H3. The quantitative estimate of drug-likeness (QED) is 0.858. The summed E-state index contributed by atoms with van der Waals surface area (Å²) in [7, 11) is 1.78. The van der Waals surface area contributed by atoms with Gasteiger partial charge in [0.15, 0.2) is 0 Å². The Hall–Kier alpha value is -1.02. The lowest BCUT2D eigenvalue weighted by Gasteiger charge is -2.53. The predicted octanol–water partition coefficient (Wildman–Crippen LogP) is 4.40. The summed E-state index contributed by atoms with van der Waals surface area (Å²) in [4.78, 5) is 0. The molecule has 1 unspecified atom stereocenters. The van der Waals surface area contributed by atoms with E-state index in [1.807, 2.05) is 0 Å². The molecule has 2 heteroatoms. The van der Waals surface area contributed by atoms with E-state index >= 15 is 0 Å². The summed E-state index contributed by atoms with van der Waals surface area (Å²) in [5, 5.41) is 3.86. The smallest absolute Gasteiger partial charge is 0.0503 e. The van der Waals surface area contributed by atoms with Crippen molar-refractivity contribution < 1.29 is 4.74 Å². The van der Waals surface area contributed by atoms with E-state index in [4.69, 9.17) is 4.74 Å². The summed E-state index contributed by atoms with van der Waals surface area (Å²) < 4.78 is 5.23. The maximum atomic E-state index is 5.23. The lowest BCUT2D eigenvalue weighted by molar-refractivity contribution is 0.0571. The van der Waals surface area contributed by atoms with Crippen LogP contribution in [-0.4, -0.2) is 19.8 Å². The van der Waals surface area contributed by atoms with Gasteiger partial charge in [0, 0.05) is 18.8 Å². The van der Waals surface area contributed by atoms with E-state index < -0.39 is 0 Å². The highest BCUT2D eigenvalue weighted by Crippen LogP contribution is 2.52. The van der Waals surface area contributed by atoms with Crippen LogP contribution < -0.4 is 5.32 Å². The topological polar surface area (TPSA) is 21.3 Å². The molecular formula is C18H27NO. The van der Waals surface area contributed by atoms with Crippen LogP contribution in [0, 0.1) is 5.41 Å². The third-order valence-corrected chi connectivity index (χ3v) is 5.44. The molecule has 20 heavy (non-hydrogen) atoms. The second kappa shape index (κ2) is 6.17. The zero-order chi connectivity index (χ0) is 13.8. The maximum Gasteiger partial charge on any atom is 0.0503 e. The van der Waals surface area contributed by atoms with Crippen molar-refractivity contribution in [2.75, 3.05) is 19.0 Å². The molecule has 0 aliphatic heterocycles. The Morgan fingerprint density at radius 3 is 2.65 bits per heavy atom. The van der Waals surface area contributed by atoms with Crippen molar-refractivity contribution in [2.24, 2.45) is 5.41 Å². The maximum absolute atomic E-state index is 5.23. The van der Waals surface area contributed by atoms with Crippen molar-refractivity contribution in [3.8, 4) is 0 Å². The number of para-hydroxylation sites is 1. The molecule has 0 bridgehead atoms. The first-order valence-corrected chi connectivity index (χ1v) is 8.17. The highest BCUT2D eigenvalue weighted by molar-refractivity contribution is 5.52. The highest BCUT2D eigenvalue weighted by atomic mass is 16.5. The number of rotatable bonds is 5. The molecule has 0 heterocycles. The van der Waals surface area contributed by atoms with Gasteiger partial charge in [0.05, 0.1) is 6.61 Å². The van der Waals surface area contributed by atoms with Crippen LogP contribution >= 0.6 is 0 Å². The first-order chi connectivity index (χ1) is 9.84. The third-order valence-electron chi connectivity index (χ3n) is 5.44. The molecule has 1 atom stereocenters. The van der Waals surface area contributed by atoms with Gasteiger partial charge in [-0.2, -0.15) is 0 Å². The normalized spacial score (nSPS) is 24.4. The molecule has 2 nitrogen and oxygen atoms in total. The van der Waals surface area contributed by atoms with Gasteiger partial charge in [-0.25, -0.2) is 0 Å². The first kappa shape index (κ1) is 13.9. The Bertz CT molecular complexity index is 437. The zero-order valence-corrected chi connectivity index (χ0v) is 12.7. The van der Waals surface area contributed by atoms with Crippen LogP contribution in [0.3, 0.4) is 0 Å². The Labute approximate surface area is 122 Å². The Balaban J connectivity index is 1.68. The van der Waals surface area contributed by atoms with Gasteiger partial charge in [0.2, 0.25) is 0 Å². The Morgan fingerprint density at radius 1 is 1.15 bits per heavy atom. The number of anilines is 1. The van der Waals surface area contributed by atoms with E-state index in [1.165, 1.54) is 56.2 Å². The van der Waals surface area contributed by atoms with E-state index in [1.54, 1.807) is 7.11 Å². The highest BCUT2D eigenvalue weighted by Gasteiger charge is 2.46. The van der Waals surface area contributed by atoms with Gasteiger partial charge < -0.3 is 10.1 Å². The lowest BCUT2D eigenvalue weighted by atomic mass is 9.57. The van der Waals surface area contributed by atoms with Crippen LogP contribution in [0.5, 0.6) is 0 Å². The summed E-state index contributed by atoms with van der Waals surface area (Å²) in [6, 6.07) is 9.44. The molecule has 2 aliphatic rings. The second-order valence-corrected chi connectivity index (χ2v) is 6.56. The minimum atomic E-state index is 0.618. The van der Waals surface area contributed by atoms with Crippen LogP contribution in [0.4, 0.5) is 5.69 Å². The van der Waals surface area contributed by atoms with Gasteiger partial charge in [-0.15, -0.1) is 0 Å². The molecule has 2 fully saturated rings. The number of nitrogens with one attached hydrogen (secondary N) is 1. The second-order valence-electron chi connectivity index (χ2n) is 6.56. The van der Waals surface area contributed by atoms with E-state index in [0.717, 1.165) is 13.0 Å². The lowest BCUT2D eigenvalue weighted by Crippen LogP contribution is -2.50. The monoisotopic (exact) mass is 273 g/mol. The minimum Gasteiger partial charge on any atom is -0.384 e. The predicted molar refractivity (Wildman–Crippen MR) is 84.2 cm³/mol. The molecule has 1 aromatic rings. The van der Waals surface area contributed by atoms with Crippen LogP contribution in [0.1, 0.15) is 50.5 Å². The molecule has 1 N–H and O–H groups in total. The van der Waals surface area contributed by atoms with Gasteiger partial charge >= 0.3 is 0 Å². The summed E-state index contributed by atoms with van der Waals surface area (Å²) in [5.74, 6) is 0. The summed E-state index contributed by atoms with van der Waals surface area (Å²) >= 11 is 0. The fourth-order valence-electron chi connectivity index (χ4n) is 4.06. The number of benzene rings is 1. The Kier molecular flexibility index (Phi) is 4.30. The van der Waals surface area contributed by atoms with Gasteiger partial charge in [0.25, 0.3) is 0 Å². The van der Waals surface area contributed by atoms with Crippen molar-refractivity contribution in [3.05, 3.63) is 29.8 Å². The first-order valence-electron chi connectivity index (χ1n) is 8.17. The molecule has 0 amide bonds.